The van der Waals surface area contributed by atoms with Crippen molar-refractivity contribution in [3.05, 3.63) is 28.2 Å². The SMILES string of the molecule is CC(=O)N1C(=N)C(=Nc2cccc(Cl)c2Cl)C(=N)N1N. The molecule has 0 saturated carbocycles. The Labute approximate surface area is 124 Å². The molecule has 0 unspecified atom stereocenters. The van der Waals surface area contributed by atoms with Crippen LogP contribution < -0.4 is 5.84 Å². The molecule has 1 amide bonds. The van der Waals surface area contributed by atoms with E-state index in [1.165, 1.54) is 6.92 Å². The Morgan fingerprint density at radius 2 is 1.95 bits per heavy atom. The van der Waals surface area contributed by atoms with Crippen LogP contribution in [0.4, 0.5) is 5.69 Å². The van der Waals surface area contributed by atoms with Gasteiger partial charge >= 0.3 is 0 Å². The number of amides is 1. The number of hydrazine groups is 2. The standard InChI is InChI=1S/C11H10Cl2N6O/c1-5(20)18-10(14)9(11(15)19(18)16)17-7-4-2-3-6(12)8(7)13/h2-4,14-15H,16H2,1H3. The topological polar surface area (TPSA) is 110 Å². The maximum absolute atomic E-state index is 11.4. The van der Waals surface area contributed by atoms with E-state index in [2.05, 4.69) is 4.99 Å². The highest BCUT2D eigenvalue weighted by atomic mass is 35.5. The van der Waals surface area contributed by atoms with E-state index in [-0.39, 0.29) is 22.4 Å². The van der Waals surface area contributed by atoms with Crippen molar-refractivity contribution in [1.29, 1.82) is 10.8 Å². The van der Waals surface area contributed by atoms with Crippen LogP contribution in [0.15, 0.2) is 23.2 Å². The molecule has 4 N–H and O–H groups in total. The Hall–Kier alpha value is -1.96. The number of halogens is 2. The predicted molar refractivity (Wildman–Crippen MR) is 77.6 cm³/mol. The van der Waals surface area contributed by atoms with E-state index in [0.29, 0.717) is 10.7 Å². The highest BCUT2D eigenvalue weighted by molar-refractivity contribution is 6.70. The highest BCUT2D eigenvalue weighted by Gasteiger charge is 2.38. The minimum Gasteiger partial charge on any atom is -0.281 e. The molecular weight excluding hydrogens is 303 g/mol. The molecule has 1 fully saturated rings. The van der Waals surface area contributed by atoms with Gasteiger partial charge in [-0.3, -0.25) is 15.6 Å². The minimum atomic E-state index is -0.496. The third-order valence-corrected chi connectivity index (χ3v) is 3.38. The number of carbonyl (C=O) groups is 1. The van der Waals surface area contributed by atoms with E-state index in [9.17, 15) is 4.79 Å². The summed E-state index contributed by atoms with van der Waals surface area (Å²) in [6.07, 6.45) is 0. The summed E-state index contributed by atoms with van der Waals surface area (Å²) in [7, 11) is 0. The van der Waals surface area contributed by atoms with Gasteiger partial charge in [-0.1, -0.05) is 29.3 Å². The van der Waals surface area contributed by atoms with Crippen molar-refractivity contribution in [3.8, 4) is 0 Å². The van der Waals surface area contributed by atoms with Gasteiger partial charge in [0, 0.05) is 6.92 Å². The molecule has 7 nitrogen and oxygen atoms in total. The summed E-state index contributed by atoms with van der Waals surface area (Å²) in [6, 6.07) is 4.81. The lowest BCUT2D eigenvalue weighted by molar-refractivity contribution is -0.132. The van der Waals surface area contributed by atoms with Crippen molar-refractivity contribution >= 4 is 52.2 Å². The monoisotopic (exact) mass is 312 g/mol. The number of benzene rings is 1. The average molecular weight is 313 g/mol. The lowest BCUT2D eigenvalue weighted by atomic mass is 10.3. The second-order valence-electron chi connectivity index (χ2n) is 3.91. The summed E-state index contributed by atoms with van der Waals surface area (Å²) < 4.78 is 0. The van der Waals surface area contributed by atoms with Crippen molar-refractivity contribution in [3.63, 3.8) is 0 Å². The first kappa shape index (κ1) is 14.4. The fourth-order valence-electron chi connectivity index (χ4n) is 1.64. The molecule has 9 heteroatoms. The zero-order chi connectivity index (χ0) is 15.0. The van der Waals surface area contributed by atoms with Gasteiger partial charge in [-0.15, -0.1) is 0 Å². The molecule has 104 valence electrons. The molecular formula is C11H10Cl2N6O. The quantitative estimate of drug-likeness (QED) is 0.689. The smallest absolute Gasteiger partial charge is 0.245 e. The van der Waals surface area contributed by atoms with Gasteiger partial charge in [0.2, 0.25) is 5.91 Å². The van der Waals surface area contributed by atoms with Crippen molar-refractivity contribution in [1.82, 2.24) is 10.1 Å². The molecule has 1 heterocycles. The van der Waals surface area contributed by atoms with Crippen LogP contribution in [0.3, 0.4) is 0 Å². The molecule has 0 bridgehead atoms. The van der Waals surface area contributed by atoms with E-state index >= 15 is 0 Å². The number of nitrogens with zero attached hydrogens (tertiary/aromatic N) is 3. The molecule has 1 aromatic carbocycles. The van der Waals surface area contributed by atoms with Crippen molar-refractivity contribution in [2.45, 2.75) is 6.92 Å². The number of nitrogens with two attached hydrogens (primary N) is 1. The van der Waals surface area contributed by atoms with Crippen LogP contribution in [0.1, 0.15) is 6.92 Å². The van der Waals surface area contributed by atoms with Crippen molar-refractivity contribution < 1.29 is 4.79 Å². The van der Waals surface area contributed by atoms with Crippen molar-refractivity contribution in [2.24, 2.45) is 10.8 Å². The predicted octanol–water partition coefficient (Wildman–Crippen LogP) is 1.97. The first-order valence-electron chi connectivity index (χ1n) is 5.40. The van der Waals surface area contributed by atoms with Crippen LogP contribution in [0.2, 0.25) is 10.0 Å². The van der Waals surface area contributed by atoms with Crippen molar-refractivity contribution in [2.75, 3.05) is 0 Å². The van der Waals surface area contributed by atoms with Crippen LogP contribution in [-0.2, 0) is 4.79 Å². The summed E-state index contributed by atoms with van der Waals surface area (Å²) in [6.45, 7) is 1.23. The second-order valence-corrected chi connectivity index (χ2v) is 4.69. The molecule has 0 radical (unpaired) electrons. The number of nitrogens with one attached hydrogen (secondary N) is 2. The number of hydrogen-bond donors (Lipinski definition) is 3. The molecule has 1 aliphatic rings. The lowest BCUT2D eigenvalue weighted by Gasteiger charge is -2.20. The van der Waals surface area contributed by atoms with Crippen LogP contribution in [-0.4, -0.2) is 33.4 Å². The first-order valence-corrected chi connectivity index (χ1v) is 6.16. The maximum Gasteiger partial charge on any atom is 0.245 e. The Bertz CT molecular complexity index is 656. The molecule has 0 spiro atoms. The van der Waals surface area contributed by atoms with Gasteiger partial charge in [0.1, 0.15) is 0 Å². The average Bonchev–Trinajstić information content (AvgIpc) is 2.58. The minimum absolute atomic E-state index is 0.0631. The largest absolute Gasteiger partial charge is 0.281 e. The third kappa shape index (κ3) is 2.26. The fraction of sp³-hybridized carbons (Fsp3) is 0.0909. The Morgan fingerprint density at radius 3 is 2.50 bits per heavy atom. The van der Waals surface area contributed by atoms with Gasteiger partial charge in [-0.05, 0) is 12.1 Å². The summed E-state index contributed by atoms with van der Waals surface area (Å²) in [5.74, 6) is 4.50. The number of rotatable bonds is 1. The number of aliphatic imine (C=N–C) groups is 1. The van der Waals surface area contributed by atoms with E-state index in [1.807, 2.05) is 0 Å². The number of hydrogen-bond acceptors (Lipinski definition) is 5. The normalized spacial score (nSPS) is 17.3. The van der Waals surface area contributed by atoms with Gasteiger partial charge in [0.25, 0.3) is 0 Å². The molecule has 0 aliphatic carbocycles. The fourth-order valence-corrected chi connectivity index (χ4v) is 1.98. The van der Waals surface area contributed by atoms with E-state index < -0.39 is 5.91 Å². The van der Waals surface area contributed by atoms with Gasteiger partial charge in [0.15, 0.2) is 17.4 Å². The Balaban J connectivity index is 2.50. The van der Waals surface area contributed by atoms with Crippen LogP contribution >= 0.6 is 23.2 Å². The Morgan fingerprint density at radius 1 is 1.30 bits per heavy atom. The molecule has 1 aromatic rings. The van der Waals surface area contributed by atoms with Crippen LogP contribution in [0.25, 0.3) is 0 Å². The van der Waals surface area contributed by atoms with E-state index in [0.717, 1.165) is 10.1 Å². The second kappa shape index (κ2) is 5.20. The van der Waals surface area contributed by atoms with Gasteiger partial charge < -0.3 is 0 Å². The van der Waals surface area contributed by atoms with Gasteiger partial charge in [-0.25, -0.2) is 10.8 Å². The molecule has 0 aromatic heterocycles. The van der Waals surface area contributed by atoms with E-state index in [4.69, 9.17) is 39.9 Å². The van der Waals surface area contributed by atoms with Crippen LogP contribution in [0.5, 0.6) is 0 Å². The van der Waals surface area contributed by atoms with E-state index in [1.54, 1.807) is 18.2 Å². The molecule has 1 saturated heterocycles. The molecule has 2 rings (SSSR count). The lowest BCUT2D eigenvalue weighted by Crippen LogP contribution is -2.47. The van der Waals surface area contributed by atoms with Crippen LogP contribution in [0, 0.1) is 10.8 Å². The summed E-state index contributed by atoms with van der Waals surface area (Å²) in [5.41, 5.74) is 0.231. The number of amidine groups is 2. The van der Waals surface area contributed by atoms with Gasteiger partial charge in [0.05, 0.1) is 15.7 Å². The summed E-state index contributed by atoms with van der Waals surface area (Å²) >= 11 is 11.9. The molecule has 20 heavy (non-hydrogen) atoms. The third-order valence-electron chi connectivity index (χ3n) is 2.57. The van der Waals surface area contributed by atoms with Gasteiger partial charge in [-0.2, -0.15) is 10.1 Å². The Kier molecular flexibility index (Phi) is 3.76. The number of carbonyl (C=O) groups excluding carboxylic acids is 1. The first-order chi connectivity index (χ1) is 9.34. The molecule has 0 atom stereocenters. The summed E-state index contributed by atoms with van der Waals surface area (Å²) in [5, 5.41) is 17.8. The summed E-state index contributed by atoms with van der Waals surface area (Å²) in [4.78, 5) is 15.5. The zero-order valence-corrected chi connectivity index (χ0v) is 11.8. The molecule has 1 aliphatic heterocycles. The zero-order valence-electron chi connectivity index (χ0n) is 10.3. The maximum atomic E-state index is 11.4. The highest BCUT2D eigenvalue weighted by Crippen LogP contribution is 2.32.